The number of likely N-dealkylation sites (tertiary alicyclic amines) is 1. The van der Waals surface area contributed by atoms with Crippen LogP contribution in [0.2, 0.25) is 4.34 Å². The van der Waals surface area contributed by atoms with Gasteiger partial charge in [-0.1, -0.05) is 18.5 Å². The monoisotopic (exact) mass is 259 g/mol. The Kier molecular flexibility index (Phi) is 3.52. The van der Waals surface area contributed by atoms with Crippen molar-refractivity contribution in [3.8, 4) is 0 Å². The number of aliphatic hydroxyl groups excluding tert-OH is 1. The minimum absolute atomic E-state index is 0.0136. The van der Waals surface area contributed by atoms with Gasteiger partial charge in [-0.25, -0.2) is 0 Å². The highest BCUT2D eigenvalue weighted by Crippen LogP contribution is 2.28. The first-order valence-corrected chi connectivity index (χ1v) is 6.50. The van der Waals surface area contributed by atoms with Gasteiger partial charge in [-0.3, -0.25) is 4.79 Å². The maximum Gasteiger partial charge on any atom is 0.264 e. The molecule has 1 aromatic rings. The highest BCUT2D eigenvalue weighted by Gasteiger charge is 2.34. The van der Waals surface area contributed by atoms with Gasteiger partial charge in [0.2, 0.25) is 0 Å². The third kappa shape index (κ3) is 2.10. The maximum absolute atomic E-state index is 12.1. The number of halogens is 1. The predicted molar refractivity (Wildman–Crippen MR) is 65.0 cm³/mol. The summed E-state index contributed by atoms with van der Waals surface area (Å²) in [7, 11) is 0. The number of nitrogens with zero attached hydrogens (tertiary/aromatic N) is 1. The molecule has 16 heavy (non-hydrogen) atoms. The summed E-state index contributed by atoms with van der Waals surface area (Å²) in [5.74, 6) is 0.352. The Morgan fingerprint density at radius 1 is 1.69 bits per heavy atom. The second kappa shape index (κ2) is 4.73. The van der Waals surface area contributed by atoms with Crippen molar-refractivity contribution in [2.75, 3.05) is 13.2 Å². The summed E-state index contributed by atoms with van der Waals surface area (Å²) in [6.07, 6.45) is 0.954. The Bertz CT molecular complexity index is 393. The molecule has 1 aromatic heterocycles. The van der Waals surface area contributed by atoms with E-state index in [1.165, 1.54) is 11.3 Å². The van der Waals surface area contributed by atoms with Crippen LogP contribution in [-0.4, -0.2) is 35.1 Å². The van der Waals surface area contributed by atoms with Crippen molar-refractivity contribution in [2.24, 2.45) is 5.92 Å². The molecule has 0 bridgehead atoms. The molecule has 1 aliphatic heterocycles. The van der Waals surface area contributed by atoms with Crippen LogP contribution in [0.5, 0.6) is 0 Å². The lowest BCUT2D eigenvalue weighted by Gasteiger charge is -2.24. The highest BCUT2D eigenvalue weighted by atomic mass is 35.5. The zero-order valence-electron chi connectivity index (χ0n) is 9.02. The summed E-state index contributed by atoms with van der Waals surface area (Å²) in [5, 5.41) is 9.29. The molecule has 2 atom stereocenters. The van der Waals surface area contributed by atoms with E-state index in [1.807, 2.05) is 0 Å². The van der Waals surface area contributed by atoms with Crippen LogP contribution in [0.1, 0.15) is 23.0 Å². The second-order valence-electron chi connectivity index (χ2n) is 4.12. The molecular formula is C11H14ClNO2S. The number of hydrogen-bond acceptors (Lipinski definition) is 3. The van der Waals surface area contributed by atoms with Crippen molar-refractivity contribution in [1.82, 2.24) is 4.90 Å². The molecule has 2 rings (SSSR count). The Labute approximate surface area is 104 Å². The van der Waals surface area contributed by atoms with Crippen LogP contribution in [0.4, 0.5) is 0 Å². The van der Waals surface area contributed by atoms with E-state index in [2.05, 4.69) is 6.92 Å². The molecule has 1 fully saturated rings. The van der Waals surface area contributed by atoms with Gasteiger partial charge in [0.05, 0.1) is 21.9 Å². The summed E-state index contributed by atoms with van der Waals surface area (Å²) in [5.41, 5.74) is 0. The van der Waals surface area contributed by atoms with Crippen molar-refractivity contribution >= 4 is 28.8 Å². The molecular weight excluding hydrogens is 246 g/mol. The molecule has 88 valence electrons. The van der Waals surface area contributed by atoms with Gasteiger partial charge in [-0.2, -0.15) is 0 Å². The van der Waals surface area contributed by atoms with Gasteiger partial charge in [-0.05, 0) is 24.5 Å². The Balaban J connectivity index is 2.16. The minimum atomic E-state index is -0.0478. The number of rotatable bonds is 2. The van der Waals surface area contributed by atoms with E-state index in [0.717, 1.165) is 13.0 Å². The van der Waals surface area contributed by atoms with E-state index in [-0.39, 0.29) is 18.6 Å². The molecule has 3 nitrogen and oxygen atoms in total. The SMILES string of the molecule is CC1CCN(C(=O)c2ccc(Cl)s2)C1CO. The highest BCUT2D eigenvalue weighted by molar-refractivity contribution is 7.17. The third-order valence-corrected chi connectivity index (χ3v) is 4.33. The standard InChI is InChI=1S/C11H14ClNO2S/c1-7-4-5-13(8(7)6-14)11(15)9-2-3-10(12)16-9/h2-3,7-8,14H,4-6H2,1H3. The Morgan fingerprint density at radius 2 is 2.44 bits per heavy atom. The van der Waals surface area contributed by atoms with Gasteiger partial charge in [-0.15, -0.1) is 11.3 Å². The van der Waals surface area contributed by atoms with Gasteiger partial charge in [0.15, 0.2) is 0 Å². The maximum atomic E-state index is 12.1. The smallest absolute Gasteiger partial charge is 0.264 e. The minimum Gasteiger partial charge on any atom is -0.394 e. The molecule has 2 unspecified atom stereocenters. The molecule has 1 N–H and O–H groups in total. The van der Waals surface area contributed by atoms with Crippen molar-refractivity contribution in [2.45, 2.75) is 19.4 Å². The van der Waals surface area contributed by atoms with Gasteiger partial charge >= 0.3 is 0 Å². The predicted octanol–water partition coefficient (Wildman–Crippen LogP) is 2.24. The molecule has 0 aliphatic carbocycles. The fraction of sp³-hybridized carbons (Fsp3) is 0.545. The van der Waals surface area contributed by atoms with E-state index < -0.39 is 0 Å². The van der Waals surface area contributed by atoms with Crippen molar-refractivity contribution < 1.29 is 9.90 Å². The summed E-state index contributed by atoms with van der Waals surface area (Å²) < 4.78 is 0.621. The quantitative estimate of drug-likeness (QED) is 0.885. The van der Waals surface area contributed by atoms with Crippen LogP contribution in [0.3, 0.4) is 0 Å². The van der Waals surface area contributed by atoms with Crippen molar-refractivity contribution in [3.05, 3.63) is 21.3 Å². The molecule has 2 heterocycles. The van der Waals surface area contributed by atoms with E-state index in [0.29, 0.717) is 15.1 Å². The van der Waals surface area contributed by atoms with Crippen LogP contribution < -0.4 is 0 Å². The molecule has 1 saturated heterocycles. The van der Waals surface area contributed by atoms with Gasteiger partial charge in [0, 0.05) is 6.54 Å². The lowest BCUT2D eigenvalue weighted by molar-refractivity contribution is 0.0653. The zero-order chi connectivity index (χ0) is 11.7. The molecule has 1 amide bonds. The normalized spacial score (nSPS) is 25.1. The number of amides is 1. The molecule has 5 heteroatoms. The topological polar surface area (TPSA) is 40.5 Å². The fourth-order valence-corrected chi connectivity index (χ4v) is 3.11. The van der Waals surface area contributed by atoms with E-state index >= 15 is 0 Å². The average molecular weight is 260 g/mol. The number of carbonyl (C=O) groups is 1. The molecule has 1 aliphatic rings. The number of carbonyl (C=O) groups excluding carboxylic acids is 1. The number of hydrogen-bond donors (Lipinski definition) is 1. The average Bonchev–Trinajstić information content (AvgIpc) is 2.83. The molecule has 0 aromatic carbocycles. The third-order valence-electron chi connectivity index (χ3n) is 3.11. The van der Waals surface area contributed by atoms with Crippen LogP contribution in [0.15, 0.2) is 12.1 Å². The van der Waals surface area contributed by atoms with Crippen LogP contribution >= 0.6 is 22.9 Å². The summed E-state index contributed by atoms with van der Waals surface area (Å²) in [4.78, 5) is 14.5. The van der Waals surface area contributed by atoms with E-state index in [1.54, 1.807) is 17.0 Å². The first kappa shape index (κ1) is 11.9. The number of aliphatic hydroxyl groups is 1. The zero-order valence-corrected chi connectivity index (χ0v) is 10.6. The molecule has 0 spiro atoms. The van der Waals surface area contributed by atoms with Crippen LogP contribution in [-0.2, 0) is 0 Å². The largest absolute Gasteiger partial charge is 0.394 e. The molecule has 0 radical (unpaired) electrons. The van der Waals surface area contributed by atoms with Crippen molar-refractivity contribution in [1.29, 1.82) is 0 Å². The van der Waals surface area contributed by atoms with Crippen LogP contribution in [0.25, 0.3) is 0 Å². The summed E-state index contributed by atoms with van der Waals surface area (Å²) in [6, 6.07) is 3.42. The van der Waals surface area contributed by atoms with Gasteiger partial charge in [0.25, 0.3) is 5.91 Å². The Morgan fingerprint density at radius 3 is 3.00 bits per heavy atom. The van der Waals surface area contributed by atoms with E-state index in [9.17, 15) is 9.90 Å². The lowest BCUT2D eigenvalue weighted by atomic mass is 10.0. The Hall–Kier alpha value is -0.580. The van der Waals surface area contributed by atoms with E-state index in [4.69, 9.17) is 11.6 Å². The molecule has 0 saturated carbocycles. The van der Waals surface area contributed by atoms with Crippen molar-refractivity contribution in [3.63, 3.8) is 0 Å². The summed E-state index contributed by atoms with van der Waals surface area (Å²) >= 11 is 7.10. The van der Waals surface area contributed by atoms with Gasteiger partial charge < -0.3 is 10.0 Å². The van der Waals surface area contributed by atoms with Gasteiger partial charge in [0.1, 0.15) is 0 Å². The number of thiophene rings is 1. The lowest BCUT2D eigenvalue weighted by Crippen LogP contribution is -2.39. The second-order valence-corrected chi connectivity index (χ2v) is 5.83. The first-order valence-electron chi connectivity index (χ1n) is 5.30. The van der Waals surface area contributed by atoms with Crippen LogP contribution in [0, 0.1) is 5.92 Å². The summed E-state index contributed by atoms with van der Waals surface area (Å²) in [6.45, 7) is 2.82. The first-order chi connectivity index (χ1) is 7.63. The fourth-order valence-electron chi connectivity index (χ4n) is 2.11.